The lowest BCUT2D eigenvalue weighted by Gasteiger charge is -2.34. The van der Waals surface area contributed by atoms with Crippen molar-refractivity contribution in [2.45, 2.75) is 19.9 Å². The molecule has 2 aromatic rings. The molecule has 7 nitrogen and oxygen atoms in total. The lowest BCUT2D eigenvalue weighted by atomic mass is 10.2. The van der Waals surface area contributed by atoms with Crippen LogP contribution < -0.4 is 0 Å². The van der Waals surface area contributed by atoms with Gasteiger partial charge in [0.1, 0.15) is 5.82 Å². The zero-order valence-electron chi connectivity index (χ0n) is 13.0. The maximum atomic E-state index is 13.0. The van der Waals surface area contributed by atoms with Crippen LogP contribution in [0.1, 0.15) is 19.2 Å². The van der Waals surface area contributed by atoms with Crippen molar-refractivity contribution in [2.75, 3.05) is 26.2 Å². The summed E-state index contributed by atoms with van der Waals surface area (Å²) >= 11 is 0. The highest BCUT2D eigenvalue weighted by Gasteiger charge is 2.21. The molecule has 3 rings (SSSR count). The highest BCUT2D eigenvalue weighted by Crippen LogP contribution is 2.12. The molecule has 0 atom stereocenters. The Morgan fingerprint density at radius 1 is 1.17 bits per heavy atom. The Morgan fingerprint density at radius 3 is 2.52 bits per heavy atom. The maximum Gasteiger partial charge on any atom is 0.222 e. The third kappa shape index (κ3) is 3.53. The largest absolute Gasteiger partial charge is 0.340 e. The number of carbonyl (C=O) groups is 1. The van der Waals surface area contributed by atoms with E-state index in [0.717, 1.165) is 31.9 Å². The maximum absolute atomic E-state index is 13.0. The van der Waals surface area contributed by atoms with Crippen LogP contribution in [0.5, 0.6) is 0 Å². The fraction of sp³-hybridized carbons (Fsp3) is 0.467. The van der Waals surface area contributed by atoms with Crippen molar-refractivity contribution in [1.82, 2.24) is 30.0 Å². The van der Waals surface area contributed by atoms with Crippen LogP contribution >= 0.6 is 0 Å². The third-order valence-corrected chi connectivity index (χ3v) is 4.00. The second kappa shape index (κ2) is 6.82. The van der Waals surface area contributed by atoms with Crippen LogP contribution in [-0.4, -0.2) is 62.1 Å². The van der Waals surface area contributed by atoms with Gasteiger partial charge in [0, 0.05) is 32.6 Å². The molecule has 8 heteroatoms. The first-order valence-electron chi connectivity index (χ1n) is 7.70. The summed E-state index contributed by atoms with van der Waals surface area (Å²) in [5, 5.41) is 11.8. The van der Waals surface area contributed by atoms with Gasteiger partial charge in [-0.3, -0.25) is 9.69 Å². The topological polar surface area (TPSA) is 67.2 Å². The zero-order chi connectivity index (χ0) is 16.2. The van der Waals surface area contributed by atoms with Crippen LogP contribution in [0.3, 0.4) is 0 Å². The van der Waals surface area contributed by atoms with Gasteiger partial charge < -0.3 is 4.90 Å². The SMILES string of the molecule is CCC(=O)N1CCN(Cc2nnnn2-c2ccc(F)cc2)CC1. The van der Waals surface area contributed by atoms with Gasteiger partial charge in [-0.15, -0.1) is 5.10 Å². The van der Waals surface area contributed by atoms with E-state index in [2.05, 4.69) is 20.4 Å². The number of halogens is 1. The van der Waals surface area contributed by atoms with Crippen molar-refractivity contribution in [2.24, 2.45) is 0 Å². The average molecular weight is 318 g/mol. The predicted octanol–water partition coefficient (Wildman–Crippen LogP) is 0.856. The summed E-state index contributed by atoms with van der Waals surface area (Å²) < 4.78 is 14.6. The molecule has 0 radical (unpaired) electrons. The molecule has 1 saturated heterocycles. The minimum Gasteiger partial charge on any atom is -0.340 e. The monoisotopic (exact) mass is 318 g/mol. The van der Waals surface area contributed by atoms with Crippen molar-refractivity contribution >= 4 is 5.91 Å². The fourth-order valence-electron chi connectivity index (χ4n) is 2.67. The van der Waals surface area contributed by atoms with E-state index < -0.39 is 0 Å². The minimum atomic E-state index is -0.292. The highest BCUT2D eigenvalue weighted by atomic mass is 19.1. The number of benzene rings is 1. The van der Waals surface area contributed by atoms with E-state index in [0.29, 0.717) is 18.8 Å². The molecule has 1 fully saturated rings. The number of aromatic nitrogens is 4. The lowest BCUT2D eigenvalue weighted by Crippen LogP contribution is -2.48. The Balaban J connectivity index is 1.65. The van der Waals surface area contributed by atoms with E-state index in [1.54, 1.807) is 16.8 Å². The van der Waals surface area contributed by atoms with Crippen molar-refractivity contribution in [3.8, 4) is 5.69 Å². The van der Waals surface area contributed by atoms with Crippen LogP contribution in [0.15, 0.2) is 24.3 Å². The molecule has 0 bridgehead atoms. The van der Waals surface area contributed by atoms with Gasteiger partial charge in [-0.25, -0.2) is 4.39 Å². The van der Waals surface area contributed by atoms with Crippen LogP contribution in [0.25, 0.3) is 5.69 Å². The van der Waals surface area contributed by atoms with Gasteiger partial charge in [0.15, 0.2) is 5.82 Å². The van der Waals surface area contributed by atoms with Gasteiger partial charge in [-0.2, -0.15) is 4.68 Å². The first-order valence-corrected chi connectivity index (χ1v) is 7.70. The van der Waals surface area contributed by atoms with Gasteiger partial charge in [-0.05, 0) is 34.7 Å². The molecule has 1 aromatic heterocycles. The Hall–Kier alpha value is -2.35. The molecule has 2 heterocycles. The molecule has 122 valence electrons. The van der Waals surface area contributed by atoms with E-state index in [9.17, 15) is 9.18 Å². The number of piperazine rings is 1. The normalized spacial score (nSPS) is 15.8. The molecule has 1 amide bonds. The molecule has 1 aromatic carbocycles. The van der Waals surface area contributed by atoms with Gasteiger partial charge in [0.2, 0.25) is 5.91 Å². The van der Waals surface area contributed by atoms with Crippen molar-refractivity contribution in [1.29, 1.82) is 0 Å². The summed E-state index contributed by atoms with van der Waals surface area (Å²) in [5.74, 6) is 0.604. The van der Waals surface area contributed by atoms with Crippen LogP contribution in [-0.2, 0) is 11.3 Å². The molecule has 0 spiro atoms. The number of hydrogen-bond acceptors (Lipinski definition) is 5. The first kappa shape index (κ1) is 15.5. The third-order valence-electron chi connectivity index (χ3n) is 4.00. The van der Waals surface area contributed by atoms with E-state index in [1.165, 1.54) is 12.1 Å². The number of hydrogen-bond donors (Lipinski definition) is 0. The van der Waals surface area contributed by atoms with Crippen LogP contribution in [0.4, 0.5) is 4.39 Å². The second-order valence-electron chi connectivity index (χ2n) is 5.49. The van der Waals surface area contributed by atoms with Gasteiger partial charge >= 0.3 is 0 Å². The van der Waals surface area contributed by atoms with Crippen molar-refractivity contribution in [3.05, 3.63) is 35.9 Å². The average Bonchev–Trinajstić information content (AvgIpc) is 3.03. The first-order chi connectivity index (χ1) is 11.2. The summed E-state index contributed by atoms with van der Waals surface area (Å²) in [6.45, 7) is 5.52. The minimum absolute atomic E-state index is 0.195. The summed E-state index contributed by atoms with van der Waals surface area (Å²) in [5.41, 5.74) is 0.728. The summed E-state index contributed by atoms with van der Waals surface area (Å²) in [7, 11) is 0. The second-order valence-corrected chi connectivity index (χ2v) is 5.49. The molecule has 0 aliphatic carbocycles. The van der Waals surface area contributed by atoms with Crippen molar-refractivity contribution < 1.29 is 9.18 Å². The Labute approximate surface area is 133 Å². The number of carbonyl (C=O) groups excluding carboxylic acids is 1. The molecule has 1 aliphatic heterocycles. The number of rotatable bonds is 4. The molecule has 0 unspecified atom stereocenters. The molecule has 1 aliphatic rings. The molecule has 0 N–H and O–H groups in total. The Morgan fingerprint density at radius 2 is 1.87 bits per heavy atom. The smallest absolute Gasteiger partial charge is 0.222 e. The molecular weight excluding hydrogens is 299 g/mol. The summed E-state index contributed by atoms with van der Waals surface area (Å²) in [4.78, 5) is 15.8. The van der Waals surface area contributed by atoms with Crippen LogP contribution in [0, 0.1) is 5.82 Å². The fourth-order valence-corrected chi connectivity index (χ4v) is 2.67. The number of amides is 1. The predicted molar refractivity (Wildman–Crippen MR) is 81.3 cm³/mol. The standard InChI is InChI=1S/C15H19FN6O/c1-2-15(23)21-9-7-20(8-10-21)11-14-17-18-19-22(14)13-5-3-12(16)4-6-13/h3-6H,2,7-11H2,1H3. The quantitative estimate of drug-likeness (QED) is 0.836. The van der Waals surface area contributed by atoms with Gasteiger partial charge in [-0.1, -0.05) is 6.92 Å². The van der Waals surface area contributed by atoms with Crippen molar-refractivity contribution in [3.63, 3.8) is 0 Å². The zero-order valence-corrected chi connectivity index (χ0v) is 13.0. The number of tetrazole rings is 1. The van der Waals surface area contributed by atoms with E-state index in [4.69, 9.17) is 0 Å². The molecular formula is C15H19FN6O. The van der Waals surface area contributed by atoms with Crippen LogP contribution in [0.2, 0.25) is 0 Å². The molecule has 0 saturated carbocycles. The lowest BCUT2D eigenvalue weighted by molar-refractivity contribution is -0.132. The highest BCUT2D eigenvalue weighted by molar-refractivity contribution is 5.75. The Kier molecular flexibility index (Phi) is 4.61. The van der Waals surface area contributed by atoms with E-state index >= 15 is 0 Å². The summed E-state index contributed by atoms with van der Waals surface area (Å²) in [6.07, 6.45) is 0.544. The van der Waals surface area contributed by atoms with Gasteiger partial charge in [0.05, 0.1) is 12.2 Å². The van der Waals surface area contributed by atoms with Gasteiger partial charge in [0.25, 0.3) is 0 Å². The van der Waals surface area contributed by atoms with E-state index in [1.807, 2.05) is 11.8 Å². The number of nitrogens with zero attached hydrogens (tertiary/aromatic N) is 6. The summed E-state index contributed by atoms with van der Waals surface area (Å²) in [6, 6.07) is 6.06. The molecule has 23 heavy (non-hydrogen) atoms. The van der Waals surface area contributed by atoms with E-state index in [-0.39, 0.29) is 11.7 Å². The Bertz CT molecular complexity index is 663.